The van der Waals surface area contributed by atoms with E-state index in [-0.39, 0.29) is 17.3 Å². The molecule has 2 aromatic carbocycles. The molecule has 0 unspecified atom stereocenters. The van der Waals surface area contributed by atoms with Crippen molar-refractivity contribution in [1.29, 1.82) is 0 Å². The minimum atomic E-state index is -3.93. The van der Waals surface area contributed by atoms with E-state index in [0.717, 1.165) is 43.6 Å². The number of sulfonamides is 1. The highest BCUT2D eigenvalue weighted by atomic mass is 32.2. The van der Waals surface area contributed by atoms with Crippen LogP contribution in [0.5, 0.6) is 5.75 Å². The second-order valence-corrected chi connectivity index (χ2v) is 9.04. The van der Waals surface area contributed by atoms with Gasteiger partial charge < -0.3 is 14.8 Å². The van der Waals surface area contributed by atoms with Crippen molar-refractivity contribution < 1.29 is 22.7 Å². The van der Waals surface area contributed by atoms with Crippen LogP contribution in [0, 0.1) is 0 Å². The number of carbonyl (C=O) groups excluding carboxylic acids is 1. The van der Waals surface area contributed by atoms with Gasteiger partial charge in [0.15, 0.2) is 0 Å². The summed E-state index contributed by atoms with van der Waals surface area (Å²) in [5, 5.41) is 2.84. The number of nitrogens with zero attached hydrogens (tertiary/aromatic N) is 2. The predicted molar refractivity (Wildman–Crippen MR) is 119 cm³/mol. The van der Waals surface area contributed by atoms with Crippen molar-refractivity contribution in [2.24, 2.45) is 0 Å². The van der Waals surface area contributed by atoms with Crippen LogP contribution in [-0.2, 0) is 19.6 Å². The monoisotopic (exact) mass is 447 g/mol. The lowest BCUT2D eigenvalue weighted by molar-refractivity contribution is -0.119. The van der Waals surface area contributed by atoms with Crippen molar-refractivity contribution >= 4 is 21.6 Å². The Bertz CT molecular complexity index is 929. The fourth-order valence-electron chi connectivity index (χ4n) is 3.33. The number of hydrogen-bond acceptors (Lipinski definition) is 6. The first kappa shape index (κ1) is 23.1. The molecule has 0 aromatic heterocycles. The van der Waals surface area contributed by atoms with E-state index in [1.165, 1.54) is 19.2 Å². The zero-order chi connectivity index (χ0) is 22.1. The Kier molecular flexibility index (Phi) is 8.27. The van der Waals surface area contributed by atoms with Gasteiger partial charge in [-0.05, 0) is 49.4 Å². The fraction of sp³-hybridized carbons (Fsp3) is 0.409. The average molecular weight is 448 g/mol. The molecule has 168 valence electrons. The molecule has 3 rings (SSSR count). The average Bonchev–Trinajstić information content (AvgIpc) is 2.81. The summed E-state index contributed by atoms with van der Waals surface area (Å²) < 4.78 is 38.2. The van der Waals surface area contributed by atoms with Crippen molar-refractivity contribution in [2.75, 3.05) is 57.4 Å². The van der Waals surface area contributed by atoms with Gasteiger partial charge in [-0.15, -0.1) is 0 Å². The number of amides is 1. The number of benzene rings is 2. The highest BCUT2D eigenvalue weighted by Gasteiger charge is 2.27. The third-order valence-electron chi connectivity index (χ3n) is 5.06. The maximum Gasteiger partial charge on any atom is 0.264 e. The van der Waals surface area contributed by atoms with Crippen molar-refractivity contribution in [2.45, 2.75) is 11.3 Å². The number of hydrogen-bond donors (Lipinski definition) is 1. The lowest BCUT2D eigenvalue weighted by Crippen LogP contribution is -2.42. The van der Waals surface area contributed by atoms with E-state index in [0.29, 0.717) is 18.0 Å². The van der Waals surface area contributed by atoms with Crippen LogP contribution in [0.15, 0.2) is 59.5 Å². The molecule has 1 saturated heterocycles. The van der Waals surface area contributed by atoms with Gasteiger partial charge in [-0.3, -0.25) is 14.0 Å². The molecule has 0 spiro atoms. The Hall–Kier alpha value is -2.62. The largest absolute Gasteiger partial charge is 0.497 e. The Morgan fingerprint density at radius 1 is 1.10 bits per heavy atom. The summed E-state index contributed by atoms with van der Waals surface area (Å²) in [6.07, 6.45) is 0.794. The van der Waals surface area contributed by atoms with Crippen LogP contribution in [0.4, 0.5) is 5.69 Å². The molecule has 1 aliphatic rings. The summed E-state index contributed by atoms with van der Waals surface area (Å²) in [5.74, 6) is 0.214. The SMILES string of the molecule is COc1ccc(S(=O)(=O)N(CC(=O)NCCCN2CCOCC2)c2ccccc2)cc1. The van der Waals surface area contributed by atoms with Crippen LogP contribution in [0.2, 0.25) is 0 Å². The highest BCUT2D eigenvalue weighted by molar-refractivity contribution is 7.92. The molecular weight excluding hydrogens is 418 g/mol. The number of carbonyl (C=O) groups is 1. The molecule has 1 aliphatic heterocycles. The Morgan fingerprint density at radius 2 is 1.77 bits per heavy atom. The summed E-state index contributed by atoms with van der Waals surface area (Å²) >= 11 is 0. The van der Waals surface area contributed by atoms with E-state index in [9.17, 15) is 13.2 Å². The molecule has 1 N–H and O–H groups in total. The molecular formula is C22H29N3O5S. The number of anilines is 1. The Balaban J connectivity index is 1.65. The first-order valence-electron chi connectivity index (χ1n) is 10.3. The van der Waals surface area contributed by atoms with Crippen molar-refractivity contribution in [1.82, 2.24) is 10.2 Å². The topological polar surface area (TPSA) is 88.2 Å². The van der Waals surface area contributed by atoms with Crippen LogP contribution in [0.1, 0.15) is 6.42 Å². The normalized spacial score (nSPS) is 14.7. The van der Waals surface area contributed by atoms with Gasteiger partial charge in [-0.1, -0.05) is 18.2 Å². The molecule has 0 bridgehead atoms. The summed E-state index contributed by atoms with van der Waals surface area (Å²) in [6.45, 7) is 4.34. The van der Waals surface area contributed by atoms with Gasteiger partial charge in [0.1, 0.15) is 12.3 Å². The third-order valence-corrected chi connectivity index (χ3v) is 6.84. The van der Waals surface area contributed by atoms with Crippen LogP contribution in [0.25, 0.3) is 0 Å². The molecule has 1 heterocycles. The lowest BCUT2D eigenvalue weighted by Gasteiger charge is -2.26. The fourth-order valence-corrected chi connectivity index (χ4v) is 4.75. The maximum absolute atomic E-state index is 13.3. The second-order valence-electron chi connectivity index (χ2n) is 7.18. The van der Waals surface area contributed by atoms with E-state index < -0.39 is 10.0 Å². The van der Waals surface area contributed by atoms with E-state index in [4.69, 9.17) is 9.47 Å². The van der Waals surface area contributed by atoms with Crippen LogP contribution >= 0.6 is 0 Å². The minimum absolute atomic E-state index is 0.0947. The molecule has 1 amide bonds. The van der Waals surface area contributed by atoms with Gasteiger partial charge in [0.25, 0.3) is 10.0 Å². The number of ether oxygens (including phenoxy) is 2. The third kappa shape index (κ3) is 6.43. The van der Waals surface area contributed by atoms with Crippen molar-refractivity contribution in [3.05, 3.63) is 54.6 Å². The van der Waals surface area contributed by atoms with Gasteiger partial charge >= 0.3 is 0 Å². The Morgan fingerprint density at radius 3 is 2.42 bits per heavy atom. The summed E-state index contributed by atoms with van der Waals surface area (Å²) in [7, 11) is -2.41. The molecule has 0 atom stereocenters. The quantitative estimate of drug-likeness (QED) is 0.558. The maximum atomic E-state index is 13.3. The van der Waals surface area contributed by atoms with Crippen molar-refractivity contribution in [3.8, 4) is 5.75 Å². The number of rotatable bonds is 10. The number of methoxy groups -OCH3 is 1. The summed E-state index contributed by atoms with van der Waals surface area (Å²) in [4.78, 5) is 15.0. The summed E-state index contributed by atoms with van der Waals surface area (Å²) in [6, 6.07) is 14.8. The van der Waals surface area contributed by atoms with E-state index in [2.05, 4.69) is 10.2 Å². The molecule has 0 aliphatic carbocycles. The number of nitrogens with one attached hydrogen (secondary N) is 1. The highest BCUT2D eigenvalue weighted by Crippen LogP contribution is 2.24. The van der Waals surface area contributed by atoms with E-state index in [1.807, 2.05) is 0 Å². The standard InChI is InChI=1S/C22H29N3O5S/c1-29-20-8-10-21(11-9-20)31(27,28)25(19-6-3-2-4-7-19)18-22(26)23-12-5-13-24-14-16-30-17-15-24/h2-4,6-11H,5,12-18H2,1H3,(H,23,26). The van der Waals surface area contributed by atoms with E-state index in [1.54, 1.807) is 42.5 Å². The van der Waals surface area contributed by atoms with Gasteiger partial charge in [0, 0.05) is 19.6 Å². The molecule has 1 fully saturated rings. The van der Waals surface area contributed by atoms with Crippen LogP contribution in [0.3, 0.4) is 0 Å². The van der Waals surface area contributed by atoms with Gasteiger partial charge in [0.05, 0.1) is 30.9 Å². The number of para-hydroxylation sites is 1. The molecule has 8 nitrogen and oxygen atoms in total. The molecule has 0 saturated carbocycles. The first-order chi connectivity index (χ1) is 15.0. The van der Waals surface area contributed by atoms with Crippen molar-refractivity contribution in [3.63, 3.8) is 0 Å². The summed E-state index contributed by atoms with van der Waals surface area (Å²) in [5.41, 5.74) is 0.432. The zero-order valence-electron chi connectivity index (χ0n) is 17.7. The molecule has 31 heavy (non-hydrogen) atoms. The van der Waals surface area contributed by atoms with E-state index >= 15 is 0 Å². The van der Waals surface area contributed by atoms with Crippen LogP contribution in [-0.4, -0.2) is 72.3 Å². The van der Waals surface area contributed by atoms with Crippen LogP contribution < -0.4 is 14.4 Å². The minimum Gasteiger partial charge on any atom is -0.497 e. The van der Waals surface area contributed by atoms with Gasteiger partial charge in [0.2, 0.25) is 5.91 Å². The lowest BCUT2D eigenvalue weighted by atomic mass is 10.3. The first-order valence-corrected chi connectivity index (χ1v) is 11.7. The number of morpholine rings is 1. The van der Waals surface area contributed by atoms with Gasteiger partial charge in [-0.2, -0.15) is 0 Å². The second kappa shape index (κ2) is 11.1. The smallest absolute Gasteiger partial charge is 0.264 e. The predicted octanol–water partition coefficient (Wildman–Crippen LogP) is 1.73. The zero-order valence-corrected chi connectivity index (χ0v) is 18.5. The Labute approximate surface area is 183 Å². The molecule has 9 heteroatoms. The van der Waals surface area contributed by atoms with Gasteiger partial charge in [-0.25, -0.2) is 8.42 Å². The molecule has 2 aromatic rings. The molecule has 0 radical (unpaired) electrons.